The SMILES string of the molecule is CCn1ccc(CNCc2ccc([N+](=O)[O-])cc2)c1. The predicted molar refractivity (Wildman–Crippen MR) is 73.7 cm³/mol. The van der Waals surface area contributed by atoms with E-state index in [0.29, 0.717) is 6.54 Å². The molecule has 2 rings (SSSR count). The largest absolute Gasteiger partial charge is 0.354 e. The minimum atomic E-state index is -0.384. The van der Waals surface area contributed by atoms with Gasteiger partial charge in [-0.15, -0.1) is 0 Å². The van der Waals surface area contributed by atoms with Gasteiger partial charge in [0.2, 0.25) is 0 Å². The number of hydrogen-bond acceptors (Lipinski definition) is 3. The summed E-state index contributed by atoms with van der Waals surface area (Å²) in [5.41, 5.74) is 2.41. The Morgan fingerprint density at radius 1 is 1.16 bits per heavy atom. The predicted octanol–water partition coefficient (Wildman–Crippen LogP) is 2.71. The first-order chi connectivity index (χ1) is 9.19. The number of rotatable bonds is 6. The van der Waals surface area contributed by atoms with Crippen LogP contribution in [-0.4, -0.2) is 9.49 Å². The van der Waals surface area contributed by atoms with Crippen molar-refractivity contribution >= 4 is 5.69 Å². The second kappa shape index (κ2) is 6.15. The Hall–Kier alpha value is -2.14. The summed E-state index contributed by atoms with van der Waals surface area (Å²) in [4.78, 5) is 10.1. The number of hydrogen-bond donors (Lipinski definition) is 1. The van der Waals surface area contributed by atoms with Crippen LogP contribution in [0.5, 0.6) is 0 Å². The van der Waals surface area contributed by atoms with Gasteiger partial charge >= 0.3 is 0 Å². The molecule has 0 saturated carbocycles. The second-order valence-electron chi connectivity index (χ2n) is 4.38. The topological polar surface area (TPSA) is 60.1 Å². The summed E-state index contributed by atoms with van der Waals surface area (Å²) in [6, 6.07) is 8.71. The van der Waals surface area contributed by atoms with Crippen molar-refractivity contribution in [2.75, 3.05) is 0 Å². The maximum atomic E-state index is 10.5. The fourth-order valence-corrected chi connectivity index (χ4v) is 1.88. The Kier molecular flexibility index (Phi) is 4.30. The minimum absolute atomic E-state index is 0.128. The molecular formula is C14H17N3O2. The first-order valence-corrected chi connectivity index (χ1v) is 6.27. The van der Waals surface area contributed by atoms with E-state index in [1.54, 1.807) is 12.1 Å². The first kappa shape index (κ1) is 13.3. The fourth-order valence-electron chi connectivity index (χ4n) is 1.88. The molecule has 0 aliphatic heterocycles. The first-order valence-electron chi connectivity index (χ1n) is 6.27. The number of non-ortho nitro benzene ring substituents is 1. The zero-order valence-electron chi connectivity index (χ0n) is 10.9. The number of nitrogens with zero attached hydrogens (tertiary/aromatic N) is 2. The number of nitro benzene ring substituents is 1. The Balaban J connectivity index is 1.83. The molecule has 1 heterocycles. The van der Waals surface area contributed by atoms with E-state index in [9.17, 15) is 10.1 Å². The summed E-state index contributed by atoms with van der Waals surface area (Å²) in [7, 11) is 0. The van der Waals surface area contributed by atoms with Crippen LogP contribution in [0.3, 0.4) is 0 Å². The summed E-state index contributed by atoms with van der Waals surface area (Å²) in [6.45, 7) is 4.58. The van der Waals surface area contributed by atoms with E-state index >= 15 is 0 Å². The number of nitrogens with one attached hydrogen (secondary N) is 1. The Bertz CT molecular complexity index is 546. The van der Waals surface area contributed by atoms with E-state index in [1.807, 2.05) is 0 Å². The van der Waals surface area contributed by atoms with Gasteiger partial charge in [0.05, 0.1) is 4.92 Å². The van der Waals surface area contributed by atoms with Crippen LogP contribution < -0.4 is 5.32 Å². The lowest BCUT2D eigenvalue weighted by molar-refractivity contribution is -0.384. The van der Waals surface area contributed by atoms with Crippen molar-refractivity contribution in [2.45, 2.75) is 26.6 Å². The average Bonchev–Trinajstić information content (AvgIpc) is 2.87. The number of nitro groups is 1. The van der Waals surface area contributed by atoms with Gasteiger partial charge in [0, 0.05) is 44.2 Å². The normalized spacial score (nSPS) is 10.6. The molecule has 0 spiro atoms. The van der Waals surface area contributed by atoms with Crippen LogP contribution in [0, 0.1) is 10.1 Å². The molecule has 0 bridgehead atoms. The molecule has 100 valence electrons. The Labute approximate surface area is 112 Å². The van der Waals surface area contributed by atoms with Crippen molar-refractivity contribution in [3.8, 4) is 0 Å². The lowest BCUT2D eigenvalue weighted by atomic mass is 10.2. The molecule has 19 heavy (non-hydrogen) atoms. The Morgan fingerprint density at radius 2 is 1.84 bits per heavy atom. The smallest absolute Gasteiger partial charge is 0.269 e. The molecule has 1 aromatic carbocycles. The highest BCUT2D eigenvalue weighted by molar-refractivity contribution is 5.32. The number of aromatic nitrogens is 1. The van der Waals surface area contributed by atoms with Crippen molar-refractivity contribution in [3.05, 3.63) is 64.0 Å². The zero-order chi connectivity index (χ0) is 13.7. The molecule has 0 amide bonds. The van der Waals surface area contributed by atoms with Crippen molar-refractivity contribution < 1.29 is 4.92 Å². The summed E-state index contributed by atoms with van der Waals surface area (Å²) in [5, 5.41) is 13.9. The van der Waals surface area contributed by atoms with E-state index in [-0.39, 0.29) is 10.6 Å². The van der Waals surface area contributed by atoms with E-state index in [0.717, 1.165) is 18.7 Å². The number of benzene rings is 1. The third-order valence-electron chi connectivity index (χ3n) is 2.98. The molecule has 5 nitrogen and oxygen atoms in total. The van der Waals surface area contributed by atoms with E-state index < -0.39 is 0 Å². The van der Waals surface area contributed by atoms with Crippen molar-refractivity contribution in [1.82, 2.24) is 9.88 Å². The van der Waals surface area contributed by atoms with E-state index in [2.05, 4.69) is 35.3 Å². The van der Waals surface area contributed by atoms with Gasteiger partial charge in [-0.3, -0.25) is 10.1 Å². The van der Waals surface area contributed by atoms with Crippen molar-refractivity contribution in [1.29, 1.82) is 0 Å². The van der Waals surface area contributed by atoms with E-state index in [4.69, 9.17) is 0 Å². The third-order valence-corrected chi connectivity index (χ3v) is 2.98. The van der Waals surface area contributed by atoms with Gasteiger partial charge in [0.25, 0.3) is 5.69 Å². The molecule has 0 aliphatic carbocycles. The zero-order valence-corrected chi connectivity index (χ0v) is 10.9. The van der Waals surface area contributed by atoms with Gasteiger partial charge in [0.15, 0.2) is 0 Å². The summed E-state index contributed by atoms with van der Waals surface area (Å²) in [6.07, 6.45) is 4.17. The standard InChI is InChI=1S/C14H17N3O2/c1-2-16-8-7-13(11-16)10-15-9-12-3-5-14(6-4-12)17(18)19/h3-8,11,15H,2,9-10H2,1H3. The van der Waals surface area contributed by atoms with Gasteiger partial charge in [-0.25, -0.2) is 0 Å². The molecule has 0 atom stereocenters. The lowest BCUT2D eigenvalue weighted by Gasteiger charge is -2.03. The molecule has 0 fully saturated rings. The third kappa shape index (κ3) is 3.66. The molecule has 1 N–H and O–H groups in total. The highest BCUT2D eigenvalue weighted by Gasteiger charge is 2.03. The van der Waals surface area contributed by atoms with Gasteiger partial charge in [0.1, 0.15) is 0 Å². The summed E-state index contributed by atoms with van der Waals surface area (Å²) < 4.78 is 2.13. The molecule has 0 saturated heterocycles. The van der Waals surface area contributed by atoms with Gasteiger partial charge in [-0.05, 0) is 24.1 Å². The van der Waals surface area contributed by atoms with Crippen molar-refractivity contribution in [3.63, 3.8) is 0 Å². The van der Waals surface area contributed by atoms with Gasteiger partial charge in [-0.2, -0.15) is 0 Å². The summed E-state index contributed by atoms with van der Waals surface area (Å²) in [5.74, 6) is 0. The molecular weight excluding hydrogens is 242 g/mol. The Morgan fingerprint density at radius 3 is 2.42 bits per heavy atom. The second-order valence-corrected chi connectivity index (χ2v) is 4.38. The number of aryl methyl sites for hydroxylation is 1. The summed E-state index contributed by atoms with van der Waals surface area (Å²) >= 11 is 0. The van der Waals surface area contributed by atoms with Gasteiger partial charge in [-0.1, -0.05) is 12.1 Å². The molecule has 1 aromatic heterocycles. The van der Waals surface area contributed by atoms with Crippen LogP contribution >= 0.6 is 0 Å². The fraction of sp³-hybridized carbons (Fsp3) is 0.286. The van der Waals surface area contributed by atoms with E-state index in [1.165, 1.54) is 17.7 Å². The average molecular weight is 259 g/mol. The maximum Gasteiger partial charge on any atom is 0.269 e. The monoisotopic (exact) mass is 259 g/mol. The quantitative estimate of drug-likeness (QED) is 0.641. The molecule has 5 heteroatoms. The van der Waals surface area contributed by atoms with Crippen LogP contribution in [0.2, 0.25) is 0 Å². The van der Waals surface area contributed by atoms with Crippen LogP contribution in [0.15, 0.2) is 42.7 Å². The molecule has 0 unspecified atom stereocenters. The lowest BCUT2D eigenvalue weighted by Crippen LogP contribution is -2.12. The molecule has 2 aromatic rings. The van der Waals surface area contributed by atoms with Crippen LogP contribution in [0.25, 0.3) is 0 Å². The molecule has 0 aliphatic rings. The highest BCUT2D eigenvalue weighted by atomic mass is 16.6. The van der Waals surface area contributed by atoms with Crippen LogP contribution in [0.1, 0.15) is 18.1 Å². The maximum absolute atomic E-state index is 10.5. The molecule has 0 radical (unpaired) electrons. The van der Waals surface area contributed by atoms with Crippen LogP contribution in [0.4, 0.5) is 5.69 Å². The minimum Gasteiger partial charge on any atom is -0.354 e. The van der Waals surface area contributed by atoms with Crippen LogP contribution in [-0.2, 0) is 19.6 Å². The van der Waals surface area contributed by atoms with Gasteiger partial charge < -0.3 is 9.88 Å². The van der Waals surface area contributed by atoms with Crippen molar-refractivity contribution in [2.24, 2.45) is 0 Å². The highest BCUT2D eigenvalue weighted by Crippen LogP contribution is 2.11.